The number of hydrogen-bond donors (Lipinski definition) is 0. The average Bonchev–Trinajstić information content (AvgIpc) is 3.21. The molecule has 0 radical (unpaired) electrons. The first-order valence-electron chi connectivity index (χ1n) is 8.83. The van der Waals surface area contributed by atoms with E-state index in [-0.39, 0.29) is 4.87 Å². The number of alkyl halides is 1. The molecule has 1 saturated carbocycles. The third-order valence-corrected chi connectivity index (χ3v) is 6.13. The van der Waals surface area contributed by atoms with E-state index in [1.807, 2.05) is 19.3 Å². The molecule has 1 aromatic heterocycles. The normalized spacial score (nSPS) is 19.1. The zero-order valence-corrected chi connectivity index (χ0v) is 16.9. The Bertz CT molecular complexity index is 829. The van der Waals surface area contributed by atoms with Crippen molar-refractivity contribution in [3.8, 4) is 10.9 Å². The summed E-state index contributed by atoms with van der Waals surface area (Å²) in [4.78, 5) is 10.8. The standard InChI is InChI=1S/C18H20Cl2N4OS/c1-12-9-14(21-11-24-7-3-2-4-8-24)13(19)10-15(12)25-17-22-16(23-26-17)18(20)5-6-18/h9-11H,2-8H2,1H3. The van der Waals surface area contributed by atoms with Crippen LogP contribution in [0.3, 0.4) is 0 Å². The van der Waals surface area contributed by atoms with Crippen LogP contribution >= 0.6 is 34.7 Å². The highest BCUT2D eigenvalue weighted by Crippen LogP contribution is 2.51. The van der Waals surface area contributed by atoms with Crippen molar-refractivity contribution in [2.24, 2.45) is 4.99 Å². The number of aliphatic imine (C=N–C) groups is 1. The lowest BCUT2D eigenvalue weighted by Crippen LogP contribution is -2.27. The molecule has 26 heavy (non-hydrogen) atoms. The molecule has 0 atom stereocenters. The van der Waals surface area contributed by atoms with Crippen LogP contribution in [0.15, 0.2) is 17.1 Å². The molecule has 0 N–H and O–H groups in total. The average molecular weight is 411 g/mol. The summed E-state index contributed by atoms with van der Waals surface area (Å²) in [6.07, 6.45) is 7.47. The number of ether oxygens (including phenoxy) is 1. The number of benzene rings is 1. The maximum absolute atomic E-state index is 6.41. The van der Waals surface area contributed by atoms with Gasteiger partial charge in [-0.2, -0.15) is 9.36 Å². The Morgan fingerprint density at radius 1 is 1.27 bits per heavy atom. The van der Waals surface area contributed by atoms with Crippen LogP contribution in [0.25, 0.3) is 0 Å². The molecule has 2 fully saturated rings. The van der Waals surface area contributed by atoms with E-state index in [0.29, 0.717) is 21.8 Å². The van der Waals surface area contributed by atoms with E-state index >= 15 is 0 Å². The highest BCUT2D eigenvalue weighted by molar-refractivity contribution is 7.07. The predicted molar refractivity (Wildman–Crippen MR) is 107 cm³/mol. The SMILES string of the molecule is Cc1cc(N=CN2CCCCC2)c(Cl)cc1Oc1nc(C2(Cl)CC2)ns1. The van der Waals surface area contributed by atoms with Gasteiger partial charge in [0.1, 0.15) is 10.6 Å². The molecule has 4 rings (SSSR count). The van der Waals surface area contributed by atoms with Gasteiger partial charge >= 0.3 is 0 Å². The van der Waals surface area contributed by atoms with Crippen molar-refractivity contribution >= 4 is 46.8 Å². The van der Waals surface area contributed by atoms with Crippen molar-refractivity contribution in [2.45, 2.75) is 43.9 Å². The van der Waals surface area contributed by atoms with Gasteiger partial charge in [-0.25, -0.2) is 4.99 Å². The Labute approximate surface area is 167 Å². The molecule has 138 valence electrons. The molecular weight excluding hydrogens is 391 g/mol. The fourth-order valence-corrected chi connectivity index (χ4v) is 3.96. The molecule has 0 bridgehead atoms. The van der Waals surface area contributed by atoms with Crippen molar-refractivity contribution in [3.05, 3.63) is 28.5 Å². The number of aryl methyl sites for hydroxylation is 1. The van der Waals surface area contributed by atoms with Crippen LogP contribution in [0.2, 0.25) is 5.02 Å². The maximum Gasteiger partial charge on any atom is 0.298 e. The summed E-state index contributed by atoms with van der Waals surface area (Å²) in [5, 5.41) is 1.04. The Hall–Kier alpha value is -1.37. The van der Waals surface area contributed by atoms with Crippen LogP contribution in [0.5, 0.6) is 10.9 Å². The molecule has 0 amide bonds. The molecule has 5 nitrogen and oxygen atoms in total. The lowest BCUT2D eigenvalue weighted by atomic mass is 10.1. The van der Waals surface area contributed by atoms with Crippen LogP contribution in [-0.4, -0.2) is 33.7 Å². The van der Waals surface area contributed by atoms with Gasteiger partial charge in [-0.15, -0.1) is 11.6 Å². The number of hydrogen-bond acceptors (Lipinski definition) is 5. The number of halogens is 2. The first-order chi connectivity index (χ1) is 12.5. The summed E-state index contributed by atoms with van der Waals surface area (Å²) in [5.41, 5.74) is 1.70. The minimum Gasteiger partial charge on any atom is -0.430 e. The van der Waals surface area contributed by atoms with Gasteiger partial charge in [0.25, 0.3) is 5.19 Å². The third kappa shape index (κ3) is 3.97. The zero-order valence-electron chi connectivity index (χ0n) is 14.5. The second-order valence-corrected chi connectivity index (χ2v) is 8.71. The molecule has 1 aromatic carbocycles. The molecule has 2 aliphatic rings. The highest BCUT2D eigenvalue weighted by Gasteiger charge is 2.46. The number of aromatic nitrogens is 2. The van der Waals surface area contributed by atoms with Gasteiger partial charge in [-0.05, 0) is 50.7 Å². The molecular formula is C18H20Cl2N4OS. The summed E-state index contributed by atoms with van der Waals surface area (Å²) in [6.45, 7) is 4.09. The summed E-state index contributed by atoms with van der Waals surface area (Å²) in [7, 11) is 0. The smallest absolute Gasteiger partial charge is 0.298 e. The van der Waals surface area contributed by atoms with Crippen molar-refractivity contribution < 1.29 is 4.74 Å². The summed E-state index contributed by atoms with van der Waals surface area (Å²) in [5.74, 6) is 1.32. The number of likely N-dealkylation sites (tertiary alicyclic amines) is 1. The Morgan fingerprint density at radius 3 is 2.77 bits per heavy atom. The van der Waals surface area contributed by atoms with E-state index < -0.39 is 0 Å². The number of piperidine rings is 1. The molecule has 2 heterocycles. The van der Waals surface area contributed by atoms with E-state index in [4.69, 9.17) is 27.9 Å². The van der Waals surface area contributed by atoms with E-state index in [0.717, 1.165) is 37.2 Å². The lowest BCUT2D eigenvalue weighted by Gasteiger charge is -2.23. The fourth-order valence-electron chi connectivity index (χ4n) is 2.90. The summed E-state index contributed by atoms with van der Waals surface area (Å²) >= 11 is 14.0. The van der Waals surface area contributed by atoms with Crippen LogP contribution in [0, 0.1) is 6.92 Å². The minimum absolute atomic E-state index is 0.377. The Balaban J connectivity index is 1.48. The molecule has 1 aliphatic carbocycles. The van der Waals surface area contributed by atoms with Crippen molar-refractivity contribution in [2.75, 3.05) is 13.1 Å². The van der Waals surface area contributed by atoms with Gasteiger partial charge in [0.05, 0.1) is 17.0 Å². The van der Waals surface area contributed by atoms with Crippen LogP contribution in [0.4, 0.5) is 5.69 Å². The zero-order chi connectivity index (χ0) is 18.1. The van der Waals surface area contributed by atoms with Gasteiger partial charge in [-0.1, -0.05) is 11.6 Å². The predicted octanol–water partition coefficient (Wildman–Crippen LogP) is 5.67. The molecule has 2 aromatic rings. The van der Waals surface area contributed by atoms with Crippen LogP contribution in [0.1, 0.15) is 43.5 Å². The number of nitrogens with zero attached hydrogens (tertiary/aromatic N) is 4. The van der Waals surface area contributed by atoms with E-state index in [2.05, 4.69) is 19.2 Å². The fraction of sp³-hybridized carbons (Fsp3) is 0.500. The molecule has 1 saturated heterocycles. The maximum atomic E-state index is 6.41. The first kappa shape index (κ1) is 18.0. The van der Waals surface area contributed by atoms with Crippen molar-refractivity contribution in [1.82, 2.24) is 14.3 Å². The Kier molecular flexibility index (Phi) is 5.08. The van der Waals surface area contributed by atoms with Crippen molar-refractivity contribution in [3.63, 3.8) is 0 Å². The van der Waals surface area contributed by atoms with Gasteiger partial charge in [0.15, 0.2) is 5.82 Å². The Morgan fingerprint density at radius 2 is 2.04 bits per heavy atom. The minimum atomic E-state index is -0.377. The largest absolute Gasteiger partial charge is 0.430 e. The third-order valence-electron chi connectivity index (χ3n) is 4.69. The second kappa shape index (κ2) is 7.33. The molecule has 8 heteroatoms. The topological polar surface area (TPSA) is 50.6 Å². The van der Waals surface area contributed by atoms with E-state index in [9.17, 15) is 0 Å². The van der Waals surface area contributed by atoms with Gasteiger partial charge in [0.2, 0.25) is 0 Å². The van der Waals surface area contributed by atoms with Crippen LogP contribution in [-0.2, 0) is 4.87 Å². The highest BCUT2D eigenvalue weighted by atomic mass is 35.5. The lowest BCUT2D eigenvalue weighted by molar-refractivity contribution is 0.351. The van der Waals surface area contributed by atoms with Gasteiger partial charge in [-0.3, -0.25) is 0 Å². The quantitative estimate of drug-likeness (QED) is 0.362. The van der Waals surface area contributed by atoms with Gasteiger partial charge < -0.3 is 9.64 Å². The van der Waals surface area contributed by atoms with E-state index in [1.54, 1.807) is 6.07 Å². The summed E-state index contributed by atoms with van der Waals surface area (Å²) < 4.78 is 10.2. The molecule has 0 unspecified atom stereocenters. The summed E-state index contributed by atoms with van der Waals surface area (Å²) in [6, 6.07) is 3.72. The van der Waals surface area contributed by atoms with Crippen LogP contribution < -0.4 is 4.74 Å². The number of rotatable bonds is 5. The van der Waals surface area contributed by atoms with E-state index in [1.165, 1.54) is 30.8 Å². The van der Waals surface area contributed by atoms with Crippen molar-refractivity contribution in [1.29, 1.82) is 0 Å². The monoisotopic (exact) mass is 410 g/mol. The molecule has 0 spiro atoms. The molecule has 1 aliphatic heterocycles. The first-order valence-corrected chi connectivity index (χ1v) is 10.4. The van der Waals surface area contributed by atoms with Gasteiger partial charge in [0, 0.05) is 30.7 Å². The second-order valence-electron chi connectivity index (χ2n) is 6.86.